The van der Waals surface area contributed by atoms with Crippen molar-refractivity contribution in [3.63, 3.8) is 0 Å². The van der Waals surface area contributed by atoms with Crippen molar-refractivity contribution < 1.29 is 4.79 Å². The summed E-state index contributed by atoms with van der Waals surface area (Å²) in [4.78, 5) is 27.2. The number of piperidine rings is 1. The number of rotatable bonds is 4. The molecule has 1 aliphatic heterocycles. The summed E-state index contributed by atoms with van der Waals surface area (Å²) < 4.78 is 1.58. The molecule has 1 aliphatic rings. The molecule has 0 saturated carbocycles. The molecule has 1 amide bonds. The summed E-state index contributed by atoms with van der Waals surface area (Å²) in [5.41, 5.74) is 0.537. The summed E-state index contributed by atoms with van der Waals surface area (Å²) in [6.07, 6.45) is 5.98. The van der Waals surface area contributed by atoms with Crippen LogP contribution in [-0.4, -0.2) is 43.7 Å². The third kappa shape index (κ3) is 4.07. The van der Waals surface area contributed by atoms with Crippen molar-refractivity contribution in [2.24, 2.45) is 5.92 Å². The monoisotopic (exact) mass is 417 g/mol. The summed E-state index contributed by atoms with van der Waals surface area (Å²) >= 11 is 12.1. The number of nitrogens with one attached hydrogen (secondary N) is 1. The van der Waals surface area contributed by atoms with Crippen molar-refractivity contribution in [2.75, 3.05) is 23.3 Å². The van der Waals surface area contributed by atoms with E-state index in [0.29, 0.717) is 34.4 Å². The fraction of sp³-hybridized carbons (Fsp3) is 0.278. The van der Waals surface area contributed by atoms with E-state index in [4.69, 9.17) is 23.2 Å². The van der Waals surface area contributed by atoms with Crippen LogP contribution < -0.4 is 10.2 Å². The van der Waals surface area contributed by atoms with Gasteiger partial charge < -0.3 is 10.2 Å². The zero-order valence-electron chi connectivity index (χ0n) is 14.8. The molecule has 0 bridgehead atoms. The molecule has 2 aromatic heterocycles. The summed E-state index contributed by atoms with van der Waals surface area (Å²) in [6.45, 7) is 1.43. The third-order valence-corrected chi connectivity index (χ3v) is 5.23. The van der Waals surface area contributed by atoms with Gasteiger partial charge in [0.15, 0.2) is 5.82 Å². The van der Waals surface area contributed by atoms with E-state index < -0.39 is 0 Å². The fourth-order valence-corrected chi connectivity index (χ4v) is 3.50. The quantitative estimate of drug-likeness (QED) is 0.700. The number of amides is 1. The van der Waals surface area contributed by atoms with E-state index in [1.807, 2.05) is 6.07 Å². The topological polar surface area (TPSA) is 88.8 Å². The Balaban J connectivity index is 1.39. The van der Waals surface area contributed by atoms with Gasteiger partial charge in [0.25, 0.3) is 0 Å². The van der Waals surface area contributed by atoms with Gasteiger partial charge >= 0.3 is 0 Å². The molecule has 0 spiro atoms. The van der Waals surface area contributed by atoms with E-state index in [1.54, 1.807) is 29.2 Å². The lowest BCUT2D eigenvalue weighted by Crippen LogP contribution is -2.38. The molecule has 10 heteroatoms. The minimum absolute atomic E-state index is 0.0465. The lowest BCUT2D eigenvalue weighted by molar-refractivity contribution is -0.120. The molecule has 28 heavy (non-hydrogen) atoms. The molecule has 3 aromatic rings. The molecule has 3 heterocycles. The number of benzene rings is 1. The normalized spacial score (nSPS) is 14.9. The fourth-order valence-electron chi connectivity index (χ4n) is 3.16. The summed E-state index contributed by atoms with van der Waals surface area (Å²) in [5, 5.41) is 7.97. The number of anilines is 2. The molecule has 1 saturated heterocycles. The van der Waals surface area contributed by atoms with Crippen molar-refractivity contribution >= 4 is 40.6 Å². The Morgan fingerprint density at radius 3 is 2.61 bits per heavy atom. The Morgan fingerprint density at radius 1 is 1.07 bits per heavy atom. The SMILES string of the molecule is O=C(Nc1cc(Cl)ccc1Cl)C1CCN(c2cc(-n3cncn3)ncn2)CC1. The maximum Gasteiger partial charge on any atom is 0.227 e. The highest BCUT2D eigenvalue weighted by Gasteiger charge is 2.26. The zero-order chi connectivity index (χ0) is 19.5. The van der Waals surface area contributed by atoms with E-state index in [0.717, 1.165) is 18.9 Å². The van der Waals surface area contributed by atoms with Crippen LogP contribution in [0.2, 0.25) is 10.0 Å². The smallest absolute Gasteiger partial charge is 0.227 e. The van der Waals surface area contributed by atoms with Crippen LogP contribution in [0.1, 0.15) is 12.8 Å². The summed E-state index contributed by atoms with van der Waals surface area (Å²) in [7, 11) is 0. The number of carbonyl (C=O) groups is 1. The van der Waals surface area contributed by atoms with Crippen molar-refractivity contribution in [2.45, 2.75) is 12.8 Å². The van der Waals surface area contributed by atoms with E-state index in [2.05, 4.69) is 30.3 Å². The van der Waals surface area contributed by atoms with Gasteiger partial charge in [-0.05, 0) is 31.0 Å². The van der Waals surface area contributed by atoms with Crippen molar-refractivity contribution in [3.05, 3.63) is 53.3 Å². The van der Waals surface area contributed by atoms with Crippen LogP contribution >= 0.6 is 23.2 Å². The van der Waals surface area contributed by atoms with Gasteiger partial charge in [0.05, 0.1) is 10.7 Å². The number of aromatic nitrogens is 5. The molecule has 0 unspecified atom stereocenters. The standard InChI is InChI=1S/C18H17Cl2N7O/c19-13-1-2-14(20)15(7-13)25-18(28)12-3-5-26(6-4-12)16-8-17(23-10-22-16)27-11-21-9-24-27/h1-2,7-12H,3-6H2,(H,25,28). The van der Waals surface area contributed by atoms with Crippen molar-refractivity contribution in [1.29, 1.82) is 0 Å². The first-order valence-electron chi connectivity index (χ1n) is 8.78. The maximum absolute atomic E-state index is 12.6. The van der Waals surface area contributed by atoms with Crippen LogP contribution in [0.4, 0.5) is 11.5 Å². The second-order valence-electron chi connectivity index (χ2n) is 6.45. The van der Waals surface area contributed by atoms with Crippen LogP contribution in [0.3, 0.4) is 0 Å². The van der Waals surface area contributed by atoms with E-state index in [1.165, 1.54) is 12.7 Å². The second-order valence-corrected chi connectivity index (χ2v) is 7.29. The van der Waals surface area contributed by atoms with E-state index in [9.17, 15) is 4.79 Å². The van der Waals surface area contributed by atoms with Gasteiger partial charge in [-0.25, -0.2) is 19.6 Å². The van der Waals surface area contributed by atoms with Crippen LogP contribution in [0.15, 0.2) is 43.2 Å². The number of halogens is 2. The average molecular weight is 418 g/mol. The van der Waals surface area contributed by atoms with Gasteiger partial charge in [-0.2, -0.15) is 5.10 Å². The summed E-state index contributed by atoms with van der Waals surface area (Å²) in [5.74, 6) is 1.31. The van der Waals surface area contributed by atoms with Crippen LogP contribution in [0.25, 0.3) is 5.82 Å². The highest BCUT2D eigenvalue weighted by Crippen LogP contribution is 2.28. The molecule has 4 rings (SSSR count). The molecule has 144 valence electrons. The first kappa shape index (κ1) is 18.6. The molecule has 0 aliphatic carbocycles. The van der Waals surface area contributed by atoms with Crippen LogP contribution in [-0.2, 0) is 4.79 Å². The number of hydrogen-bond donors (Lipinski definition) is 1. The molecule has 1 aromatic carbocycles. The Morgan fingerprint density at radius 2 is 1.86 bits per heavy atom. The Bertz CT molecular complexity index is 972. The van der Waals surface area contributed by atoms with E-state index in [-0.39, 0.29) is 11.8 Å². The largest absolute Gasteiger partial charge is 0.356 e. The van der Waals surface area contributed by atoms with Gasteiger partial charge in [-0.1, -0.05) is 23.2 Å². The Kier molecular flexibility index (Phi) is 5.40. The van der Waals surface area contributed by atoms with Crippen LogP contribution in [0.5, 0.6) is 0 Å². The highest BCUT2D eigenvalue weighted by atomic mass is 35.5. The molecule has 1 N–H and O–H groups in total. The highest BCUT2D eigenvalue weighted by molar-refractivity contribution is 6.35. The zero-order valence-corrected chi connectivity index (χ0v) is 16.3. The minimum atomic E-state index is -0.0945. The lowest BCUT2D eigenvalue weighted by atomic mass is 9.96. The molecule has 1 fully saturated rings. The van der Waals surface area contributed by atoms with Gasteiger partial charge in [-0.15, -0.1) is 0 Å². The maximum atomic E-state index is 12.6. The molecular formula is C18H17Cl2N7O. The average Bonchev–Trinajstić information content (AvgIpc) is 3.26. The van der Waals surface area contributed by atoms with Gasteiger partial charge in [0.2, 0.25) is 5.91 Å². The lowest BCUT2D eigenvalue weighted by Gasteiger charge is -2.32. The van der Waals surface area contributed by atoms with Gasteiger partial charge in [0, 0.05) is 30.1 Å². The number of hydrogen-bond acceptors (Lipinski definition) is 6. The predicted molar refractivity (Wildman–Crippen MR) is 107 cm³/mol. The van der Waals surface area contributed by atoms with Crippen molar-refractivity contribution in [3.8, 4) is 5.82 Å². The van der Waals surface area contributed by atoms with Crippen LogP contribution in [0, 0.1) is 5.92 Å². The number of carbonyl (C=O) groups excluding carboxylic acids is 1. The molecule has 0 atom stereocenters. The minimum Gasteiger partial charge on any atom is -0.356 e. The summed E-state index contributed by atoms with van der Waals surface area (Å²) in [6, 6.07) is 6.88. The first-order valence-corrected chi connectivity index (χ1v) is 9.53. The first-order chi connectivity index (χ1) is 13.6. The molecule has 8 nitrogen and oxygen atoms in total. The Hall–Kier alpha value is -2.71. The third-order valence-electron chi connectivity index (χ3n) is 4.67. The van der Waals surface area contributed by atoms with Gasteiger partial charge in [-0.3, -0.25) is 4.79 Å². The molecular weight excluding hydrogens is 401 g/mol. The second kappa shape index (κ2) is 8.12. The number of nitrogens with zero attached hydrogens (tertiary/aromatic N) is 6. The Labute approximate surface area is 171 Å². The predicted octanol–water partition coefficient (Wildman–Crippen LogP) is 3.22. The van der Waals surface area contributed by atoms with Gasteiger partial charge in [0.1, 0.15) is 24.8 Å². The van der Waals surface area contributed by atoms with E-state index >= 15 is 0 Å². The van der Waals surface area contributed by atoms with Crippen molar-refractivity contribution in [1.82, 2.24) is 24.7 Å². The molecule has 0 radical (unpaired) electrons.